The number of halogens is 1. The summed E-state index contributed by atoms with van der Waals surface area (Å²) in [6.07, 6.45) is -0.264. The van der Waals surface area contributed by atoms with Crippen LogP contribution in [-0.4, -0.2) is 108 Å². The van der Waals surface area contributed by atoms with E-state index < -0.39 is 45.3 Å². The smallest absolute Gasteiger partial charge is 0.341 e. The number of anilines is 1. The van der Waals surface area contributed by atoms with E-state index in [1.807, 2.05) is 18.6 Å². The standard InChI is InChI=1S/C34H44FN5O8S/c1-19(2)47-31-25(32(41)36-49(44,45)37(5)6)10-9-24(29(31)35)33(42)40-12-11-23-26(17-40)34(43)48-30-21(4)27(15-20(3)28(23)30)39-14-13-38(7)22(16-39)18-46-8/h9-10,15,19,22H,11-14,16-18H2,1-8H3,(H,36,41)/t22-/m1/s1. The zero-order valence-corrected chi connectivity index (χ0v) is 30.0. The predicted molar refractivity (Wildman–Crippen MR) is 183 cm³/mol. The number of nitrogens with one attached hydrogen (secondary N) is 1. The molecule has 0 unspecified atom stereocenters. The highest BCUT2D eigenvalue weighted by molar-refractivity contribution is 7.87. The van der Waals surface area contributed by atoms with Gasteiger partial charge in [0.2, 0.25) is 0 Å². The van der Waals surface area contributed by atoms with Crippen molar-refractivity contribution in [2.75, 3.05) is 65.9 Å². The lowest BCUT2D eigenvalue weighted by molar-refractivity contribution is 0.0725. The molecule has 2 amide bonds. The summed E-state index contributed by atoms with van der Waals surface area (Å²) in [4.78, 5) is 46.1. The Labute approximate surface area is 285 Å². The van der Waals surface area contributed by atoms with Gasteiger partial charge in [-0.05, 0) is 70.5 Å². The molecule has 1 fully saturated rings. The van der Waals surface area contributed by atoms with Crippen LogP contribution in [0.5, 0.6) is 5.75 Å². The molecule has 49 heavy (non-hydrogen) atoms. The van der Waals surface area contributed by atoms with Crippen molar-refractivity contribution in [1.29, 1.82) is 0 Å². The summed E-state index contributed by atoms with van der Waals surface area (Å²) in [7, 11) is 2.06. The van der Waals surface area contributed by atoms with Crippen molar-refractivity contribution in [3.05, 3.63) is 67.8 Å². The summed E-state index contributed by atoms with van der Waals surface area (Å²) in [5.74, 6) is -3.49. The average molecular weight is 702 g/mol. The number of nitrogens with zero attached hydrogens (tertiary/aromatic N) is 4. The minimum absolute atomic E-state index is 0.104. The monoisotopic (exact) mass is 701 g/mol. The minimum Gasteiger partial charge on any atom is -0.487 e. The maximum Gasteiger partial charge on any atom is 0.341 e. The van der Waals surface area contributed by atoms with Crippen LogP contribution in [0.3, 0.4) is 0 Å². The normalized spacial score (nSPS) is 17.2. The van der Waals surface area contributed by atoms with Gasteiger partial charge in [-0.3, -0.25) is 14.5 Å². The minimum atomic E-state index is -4.18. The molecule has 1 aromatic heterocycles. The third-order valence-corrected chi connectivity index (χ3v) is 10.6. The second-order valence-corrected chi connectivity index (χ2v) is 15.0. The molecule has 0 aliphatic carbocycles. The van der Waals surface area contributed by atoms with Crippen molar-refractivity contribution in [1.82, 2.24) is 18.8 Å². The Balaban J connectivity index is 1.47. The van der Waals surface area contributed by atoms with Gasteiger partial charge in [-0.1, -0.05) is 0 Å². The number of piperazine rings is 1. The van der Waals surface area contributed by atoms with Crippen LogP contribution in [0.1, 0.15) is 56.8 Å². The first kappa shape index (κ1) is 36.2. The van der Waals surface area contributed by atoms with E-state index in [-0.39, 0.29) is 30.3 Å². The number of fused-ring (bicyclic) bond motifs is 3. The average Bonchev–Trinajstić information content (AvgIpc) is 3.03. The van der Waals surface area contributed by atoms with Crippen LogP contribution in [0.4, 0.5) is 10.1 Å². The van der Waals surface area contributed by atoms with Crippen LogP contribution in [0.25, 0.3) is 11.0 Å². The molecule has 3 aromatic rings. The summed E-state index contributed by atoms with van der Waals surface area (Å²) in [5.41, 5.74) is 3.13. The van der Waals surface area contributed by atoms with Gasteiger partial charge in [-0.15, -0.1) is 0 Å². The molecule has 1 atom stereocenters. The summed E-state index contributed by atoms with van der Waals surface area (Å²) in [5, 5.41) is 0.840. The van der Waals surface area contributed by atoms with Gasteiger partial charge in [0.25, 0.3) is 11.8 Å². The number of aryl methyl sites for hydroxylation is 2. The number of amides is 2. The maximum absolute atomic E-state index is 16.0. The number of carbonyl (C=O) groups excluding carboxylic acids is 2. The zero-order valence-electron chi connectivity index (χ0n) is 29.2. The van der Waals surface area contributed by atoms with Crippen molar-refractivity contribution >= 4 is 38.7 Å². The number of methoxy groups -OCH3 is 1. The lowest BCUT2D eigenvalue weighted by atomic mass is 9.92. The van der Waals surface area contributed by atoms with Gasteiger partial charge < -0.3 is 23.7 Å². The third kappa shape index (κ3) is 7.02. The number of rotatable bonds is 9. The van der Waals surface area contributed by atoms with E-state index >= 15 is 4.39 Å². The highest BCUT2D eigenvalue weighted by Crippen LogP contribution is 2.36. The predicted octanol–water partition coefficient (Wildman–Crippen LogP) is 2.84. The Bertz CT molecular complexity index is 1960. The molecular weight excluding hydrogens is 657 g/mol. The van der Waals surface area contributed by atoms with Crippen molar-refractivity contribution < 1.29 is 36.3 Å². The fourth-order valence-corrected chi connectivity index (χ4v) is 7.00. The highest BCUT2D eigenvalue weighted by Gasteiger charge is 2.33. The molecule has 0 radical (unpaired) electrons. The Morgan fingerprint density at radius 3 is 2.47 bits per heavy atom. The fraction of sp³-hybridized carbons (Fsp3) is 0.500. The first-order valence-corrected chi connectivity index (χ1v) is 17.6. The van der Waals surface area contributed by atoms with Crippen LogP contribution in [-0.2, 0) is 27.9 Å². The topological polar surface area (TPSA) is 142 Å². The Kier molecular flexibility index (Phi) is 10.4. The molecule has 266 valence electrons. The number of hydrogen-bond acceptors (Lipinski definition) is 10. The molecule has 2 aliphatic rings. The molecule has 0 bridgehead atoms. The van der Waals surface area contributed by atoms with E-state index in [2.05, 4.69) is 22.9 Å². The van der Waals surface area contributed by atoms with Gasteiger partial charge in [-0.25, -0.2) is 13.9 Å². The number of ether oxygens (including phenoxy) is 2. The van der Waals surface area contributed by atoms with Crippen LogP contribution in [0.2, 0.25) is 0 Å². The summed E-state index contributed by atoms with van der Waals surface area (Å²) in [6, 6.07) is 4.61. The molecule has 0 spiro atoms. The first-order chi connectivity index (χ1) is 23.0. The molecular formula is C34H44FN5O8S. The Morgan fingerprint density at radius 1 is 1.12 bits per heavy atom. The van der Waals surface area contributed by atoms with E-state index in [1.54, 1.807) is 21.0 Å². The number of carbonyl (C=O) groups is 2. The Hall–Kier alpha value is -4.05. The van der Waals surface area contributed by atoms with Crippen molar-refractivity contribution in [2.45, 2.75) is 52.8 Å². The quantitative estimate of drug-likeness (QED) is 0.331. The summed E-state index contributed by atoms with van der Waals surface area (Å²) < 4.78 is 60.2. The summed E-state index contributed by atoms with van der Waals surface area (Å²) >= 11 is 0. The maximum atomic E-state index is 16.0. The molecule has 13 nitrogen and oxygen atoms in total. The highest BCUT2D eigenvalue weighted by atomic mass is 32.2. The van der Waals surface area contributed by atoms with E-state index in [9.17, 15) is 22.8 Å². The van der Waals surface area contributed by atoms with E-state index in [1.165, 1.54) is 19.0 Å². The number of hydrogen-bond donors (Lipinski definition) is 1. The van der Waals surface area contributed by atoms with Crippen LogP contribution >= 0.6 is 0 Å². The van der Waals surface area contributed by atoms with Crippen LogP contribution < -0.4 is 20.0 Å². The largest absolute Gasteiger partial charge is 0.487 e. The molecule has 3 heterocycles. The van der Waals surface area contributed by atoms with Gasteiger partial charge in [-0.2, -0.15) is 12.7 Å². The van der Waals surface area contributed by atoms with Crippen molar-refractivity contribution in [3.63, 3.8) is 0 Å². The number of likely N-dealkylation sites (N-methyl/N-ethyl adjacent to an activating group) is 1. The van der Waals surface area contributed by atoms with Gasteiger partial charge in [0, 0.05) is 64.0 Å². The second kappa shape index (κ2) is 14.1. The van der Waals surface area contributed by atoms with Crippen molar-refractivity contribution in [3.8, 4) is 5.75 Å². The zero-order chi connectivity index (χ0) is 35.9. The fourth-order valence-electron chi connectivity index (χ4n) is 6.48. The lowest BCUT2D eigenvalue weighted by Crippen LogP contribution is -2.53. The summed E-state index contributed by atoms with van der Waals surface area (Å²) in [6.45, 7) is 10.3. The van der Waals surface area contributed by atoms with Crippen molar-refractivity contribution in [2.24, 2.45) is 0 Å². The van der Waals surface area contributed by atoms with Crippen LogP contribution in [0.15, 0.2) is 27.4 Å². The van der Waals surface area contributed by atoms with E-state index in [4.69, 9.17) is 13.9 Å². The molecule has 0 saturated carbocycles. The van der Waals surface area contributed by atoms with Gasteiger partial charge in [0.1, 0.15) is 5.58 Å². The third-order valence-electron chi connectivity index (χ3n) is 9.18. The SMILES string of the molecule is COC[C@H]1CN(c2cc(C)c3c4c(c(=O)oc3c2C)CN(C(=O)c2ccc(C(=O)NS(=O)(=O)N(C)C)c(OC(C)C)c2F)CC4)CCN1C. The lowest BCUT2D eigenvalue weighted by Gasteiger charge is -2.41. The van der Waals surface area contributed by atoms with Crippen LogP contribution in [0, 0.1) is 19.7 Å². The Morgan fingerprint density at radius 2 is 1.82 bits per heavy atom. The van der Waals surface area contributed by atoms with Gasteiger partial charge in [0.15, 0.2) is 11.6 Å². The van der Waals surface area contributed by atoms with Gasteiger partial charge >= 0.3 is 15.8 Å². The molecule has 2 aromatic carbocycles. The second-order valence-electron chi connectivity index (χ2n) is 13.1. The number of benzene rings is 2. The molecule has 1 N–H and O–H groups in total. The van der Waals surface area contributed by atoms with Gasteiger partial charge in [0.05, 0.1) is 42.0 Å². The van der Waals surface area contributed by atoms with E-state index in [0.29, 0.717) is 24.2 Å². The molecule has 2 aliphatic heterocycles. The molecule has 15 heteroatoms. The molecule has 5 rings (SSSR count). The van der Waals surface area contributed by atoms with E-state index in [0.717, 1.165) is 63.8 Å². The first-order valence-electron chi connectivity index (χ1n) is 16.1. The molecule has 1 saturated heterocycles.